The zero-order valence-corrected chi connectivity index (χ0v) is 20.3. The first-order valence-corrected chi connectivity index (χ1v) is 12.1. The lowest BCUT2D eigenvalue weighted by Gasteiger charge is -2.36. The number of ether oxygens (including phenoxy) is 6. The molecule has 1 N–H and O–H groups in total. The van der Waals surface area contributed by atoms with Gasteiger partial charge in [-0.2, -0.15) is 0 Å². The number of carbonyl (C=O) groups excluding carboxylic acids is 1. The van der Waals surface area contributed by atoms with Crippen LogP contribution in [0.5, 0.6) is 5.75 Å². The molecule has 184 valence electrons. The largest absolute Gasteiger partial charge is 0.494 e. The van der Waals surface area contributed by atoms with Crippen molar-refractivity contribution in [2.45, 2.75) is 109 Å². The van der Waals surface area contributed by atoms with Crippen LogP contribution in [0.2, 0.25) is 0 Å². The molecule has 0 spiro atoms. The number of unbranched alkanes of at least 4 members (excludes halogenated alkanes) is 4. The zero-order chi connectivity index (χ0) is 23.6. The summed E-state index contributed by atoms with van der Waals surface area (Å²) in [4.78, 5) is 13.2. The van der Waals surface area contributed by atoms with Gasteiger partial charge in [-0.25, -0.2) is 0 Å². The lowest BCUT2D eigenvalue weighted by molar-refractivity contribution is -0.229. The standard InChI is InChI=1S/C25H37NO7/c1-6-7-8-9-10-15-28-17-13-11-16(12-14-17)26-22(27)20-18-19(31-24(2,3)30-18)21-23(29-20)33-25(4,5)32-21/h11-14,18-21,23H,6-10,15H2,1-5H3,(H,26,27)/t18-,19-,20+,21-,23+/m0/s1. The highest BCUT2D eigenvalue weighted by Crippen LogP contribution is 2.44. The molecular formula is C25H37NO7. The Morgan fingerprint density at radius 2 is 1.52 bits per heavy atom. The van der Waals surface area contributed by atoms with E-state index in [2.05, 4.69) is 12.2 Å². The van der Waals surface area contributed by atoms with Crippen LogP contribution in [0, 0.1) is 0 Å². The molecule has 3 fully saturated rings. The number of benzene rings is 1. The molecular weight excluding hydrogens is 426 g/mol. The highest BCUT2D eigenvalue weighted by Gasteiger charge is 2.62. The first kappa shape index (κ1) is 24.4. The molecule has 33 heavy (non-hydrogen) atoms. The fraction of sp³-hybridized carbons (Fsp3) is 0.720. The molecule has 0 radical (unpaired) electrons. The summed E-state index contributed by atoms with van der Waals surface area (Å²) in [7, 11) is 0. The third kappa shape index (κ3) is 5.87. The maximum absolute atomic E-state index is 13.2. The molecule has 1 aromatic rings. The van der Waals surface area contributed by atoms with Crippen LogP contribution in [0.4, 0.5) is 5.69 Å². The fourth-order valence-corrected chi connectivity index (χ4v) is 4.57. The molecule has 8 heteroatoms. The van der Waals surface area contributed by atoms with Crippen molar-refractivity contribution in [3.8, 4) is 5.75 Å². The molecule has 4 rings (SSSR count). The normalized spacial score (nSPS) is 31.6. The molecule has 3 saturated heterocycles. The minimum absolute atomic E-state index is 0.317. The minimum atomic E-state index is -0.894. The van der Waals surface area contributed by atoms with E-state index in [-0.39, 0.29) is 5.91 Å². The van der Waals surface area contributed by atoms with Gasteiger partial charge in [0.25, 0.3) is 5.91 Å². The van der Waals surface area contributed by atoms with Crippen LogP contribution in [-0.2, 0) is 28.5 Å². The van der Waals surface area contributed by atoms with Crippen molar-refractivity contribution in [3.05, 3.63) is 24.3 Å². The van der Waals surface area contributed by atoms with Gasteiger partial charge in [0.2, 0.25) is 0 Å². The van der Waals surface area contributed by atoms with E-state index in [1.807, 2.05) is 52.0 Å². The molecule has 3 aliphatic heterocycles. The van der Waals surface area contributed by atoms with Crippen molar-refractivity contribution in [2.75, 3.05) is 11.9 Å². The quantitative estimate of drug-likeness (QED) is 0.544. The molecule has 8 nitrogen and oxygen atoms in total. The van der Waals surface area contributed by atoms with Gasteiger partial charge in [0, 0.05) is 5.69 Å². The molecule has 0 aliphatic carbocycles. The van der Waals surface area contributed by atoms with Crippen molar-refractivity contribution < 1.29 is 33.2 Å². The second-order valence-electron chi connectivity index (χ2n) is 9.87. The first-order chi connectivity index (χ1) is 15.7. The molecule has 5 atom stereocenters. The Labute approximate surface area is 196 Å². The molecule has 0 aromatic heterocycles. The lowest BCUT2D eigenvalue weighted by Crippen LogP contribution is -2.58. The Balaban J connectivity index is 1.35. The van der Waals surface area contributed by atoms with Crippen LogP contribution in [-0.4, -0.2) is 54.8 Å². The molecule has 3 heterocycles. The van der Waals surface area contributed by atoms with Crippen molar-refractivity contribution in [3.63, 3.8) is 0 Å². The summed E-state index contributed by atoms with van der Waals surface area (Å²) in [6.07, 6.45) is 2.85. The Hall–Kier alpha value is -1.71. The van der Waals surface area contributed by atoms with E-state index in [0.29, 0.717) is 12.3 Å². The maximum Gasteiger partial charge on any atom is 0.256 e. The van der Waals surface area contributed by atoms with Crippen LogP contribution >= 0.6 is 0 Å². The Morgan fingerprint density at radius 3 is 2.24 bits per heavy atom. The second kappa shape index (κ2) is 9.88. The molecule has 0 unspecified atom stereocenters. The van der Waals surface area contributed by atoms with Gasteiger partial charge in [0.1, 0.15) is 24.1 Å². The molecule has 3 aliphatic rings. The Bertz CT molecular complexity index is 809. The van der Waals surface area contributed by atoms with E-state index in [0.717, 1.165) is 12.2 Å². The third-order valence-corrected chi connectivity index (χ3v) is 6.05. The molecule has 1 aromatic carbocycles. The second-order valence-corrected chi connectivity index (χ2v) is 9.87. The highest BCUT2D eigenvalue weighted by atomic mass is 16.9. The first-order valence-electron chi connectivity index (χ1n) is 12.1. The van der Waals surface area contributed by atoms with Crippen LogP contribution < -0.4 is 10.1 Å². The summed E-state index contributed by atoms with van der Waals surface area (Å²) in [6.45, 7) is 10.2. The fourth-order valence-electron chi connectivity index (χ4n) is 4.57. The number of fused-ring (bicyclic) bond motifs is 3. The number of hydrogen-bond donors (Lipinski definition) is 1. The van der Waals surface area contributed by atoms with E-state index in [1.165, 1.54) is 25.7 Å². The van der Waals surface area contributed by atoms with E-state index in [4.69, 9.17) is 28.4 Å². The van der Waals surface area contributed by atoms with Gasteiger partial charge in [-0.3, -0.25) is 4.79 Å². The summed E-state index contributed by atoms with van der Waals surface area (Å²) in [5, 5.41) is 2.92. The van der Waals surface area contributed by atoms with Crippen molar-refractivity contribution in [2.24, 2.45) is 0 Å². The topological polar surface area (TPSA) is 84.5 Å². The number of carbonyl (C=O) groups is 1. The monoisotopic (exact) mass is 463 g/mol. The van der Waals surface area contributed by atoms with E-state index in [9.17, 15) is 4.79 Å². The lowest BCUT2D eigenvalue weighted by atomic mass is 9.98. The van der Waals surface area contributed by atoms with Gasteiger partial charge in [0.05, 0.1) is 6.61 Å². The van der Waals surface area contributed by atoms with Gasteiger partial charge in [-0.05, 0) is 58.4 Å². The number of amides is 1. The SMILES string of the molecule is CCCCCCCOc1ccc(NC(=O)[C@@H]2O[C@@H]3OC(C)(C)O[C@H]3[C@H]3OC(C)(C)O[C@@H]32)cc1. The zero-order valence-electron chi connectivity index (χ0n) is 20.3. The number of anilines is 1. The minimum Gasteiger partial charge on any atom is -0.494 e. The van der Waals surface area contributed by atoms with Gasteiger partial charge in [-0.15, -0.1) is 0 Å². The smallest absolute Gasteiger partial charge is 0.256 e. The number of hydrogen-bond acceptors (Lipinski definition) is 7. The molecule has 1 amide bonds. The summed E-state index contributed by atoms with van der Waals surface area (Å²) >= 11 is 0. The highest BCUT2D eigenvalue weighted by molar-refractivity contribution is 5.94. The van der Waals surface area contributed by atoms with E-state index >= 15 is 0 Å². The van der Waals surface area contributed by atoms with Crippen LogP contribution in [0.15, 0.2) is 24.3 Å². The number of nitrogens with one attached hydrogen (secondary N) is 1. The third-order valence-electron chi connectivity index (χ3n) is 6.05. The van der Waals surface area contributed by atoms with Crippen LogP contribution in [0.3, 0.4) is 0 Å². The predicted octanol–water partition coefficient (Wildman–Crippen LogP) is 4.37. The Morgan fingerprint density at radius 1 is 0.879 bits per heavy atom. The van der Waals surface area contributed by atoms with Crippen molar-refractivity contribution >= 4 is 11.6 Å². The van der Waals surface area contributed by atoms with Gasteiger partial charge >= 0.3 is 0 Å². The number of rotatable bonds is 9. The van der Waals surface area contributed by atoms with Crippen LogP contribution in [0.25, 0.3) is 0 Å². The average Bonchev–Trinajstić information content (AvgIpc) is 3.24. The summed E-state index contributed by atoms with van der Waals surface area (Å²) in [5.41, 5.74) is 0.652. The summed E-state index contributed by atoms with van der Waals surface area (Å²) < 4.78 is 35.8. The summed E-state index contributed by atoms with van der Waals surface area (Å²) in [6, 6.07) is 7.36. The van der Waals surface area contributed by atoms with Gasteiger partial charge in [0.15, 0.2) is 24.0 Å². The summed E-state index contributed by atoms with van der Waals surface area (Å²) in [5.74, 6) is -1.21. The van der Waals surface area contributed by atoms with E-state index < -0.39 is 42.3 Å². The van der Waals surface area contributed by atoms with E-state index in [1.54, 1.807) is 0 Å². The Kier molecular flexibility index (Phi) is 7.31. The molecule has 0 saturated carbocycles. The molecule has 0 bridgehead atoms. The average molecular weight is 464 g/mol. The van der Waals surface area contributed by atoms with Crippen molar-refractivity contribution in [1.82, 2.24) is 0 Å². The van der Waals surface area contributed by atoms with Crippen molar-refractivity contribution in [1.29, 1.82) is 0 Å². The van der Waals surface area contributed by atoms with Gasteiger partial charge < -0.3 is 33.7 Å². The maximum atomic E-state index is 13.2. The predicted molar refractivity (Wildman–Crippen MR) is 122 cm³/mol. The van der Waals surface area contributed by atoms with Crippen LogP contribution in [0.1, 0.15) is 66.7 Å². The van der Waals surface area contributed by atoms with Gasteiger partial charge in [-0.1, -0.05) is 32.6 Å².